The Morgan fingerprint density at radius 3 is 2.02 bits per heavy atom. The molecule has 226 valence electrons. The molecular formula is C34H33F2N5O3. The van der Waals surface area contributed by atoms with Gasteiger partial charge in [-0.3, -0.25) is 9.59 Å². The summed E-state index contributed by atoms with van der Waals surface area (Å²) in [5.74, 6) is -1.75. The second-order valence-corrected chi connectivity index (χ2v) is 10.7. The second-order valence-electron chi connectivity index (χ2n) is 10.7. The number of piperazine rings is 1. The van der Waals surface area contributed by atoms with Gasteiger partial charge in [0.1, 0.15) is 18.2 Å². The molecule has 1 heterocycles. The van der Waals surface area contributed by atoms with Crippen LogP contribution in [0.25, 0.3) is 0 Å². The molecule has 0 saturated carbocycles. The van der Waals surface area contributed by atoms with Crippen molar-refractivity contribution in [2.24, 2.45) is 0 Å². The van der Waals surface area contributed by atoms with Crippen LogP contribution in [0.15, 0.2) is 97.1 Å². The number of halogens is 2. The first-order chi connectivity index (χ1) is 21.2. The van der Waals surface area contributed by atoms with Crippen molar-refractivity contribution >= 4 is 34.9 Å². The van der Waals surface area contributed by atoms with E-state index in [1.165, 1.54) is 41.3 Å². The number of urea groups is 1. The average Bonchev–Trinajstić information content (AvgIpc) is 3.02. The van der Waals surface area contributed by atoms with Crippen molar-refractivity contribution in [3.63, 3.8) is 0 Å². The smallest absolute Gasteiger partial charge is 0.321 e. The largest absolute Gasteiger partial charge is 0.368 e. The van der Waals surface area contributed by atoms with Crippen molar-refractivity contribution in [2.75, 3.05) is 48.3 Å². The van der Waals surface area contributed by atoms with Gasteiger partial charge in [0.15, 0.2) is 0 Å². The minimum absolute atomic E-state index is 0.0673. The van der Waals surface area contributed by atoms with Crippen molar-refractivity contribution in [1.82, 2.24) is 9.80 Å². The molecule has 4 aromatic rings. The zero-order valence-electron chi connectivity index (χ0n) is 24.3. The molecule has 0 aromatic heterocycles. The fourth-order valence-corrected chi connectivity index (χ4v) is 5.01. The molecule has 1 fully saturated rings. The predicted octanol–water partition coefficient (Wildman–Crippen LogP) is 5.91. The normalized spacial score (nSPS) is 12.9. The third-order valence-electron chi connectivity index (χ3n) is 7.35. The van der Waals surface area contributed by atoms with Crippen LogP contribution in [0.5, 0.6) is 0 Å². The topological polar surface area (TPSA) is 85.0 Å². The molecule has 0 atom stereocenters. The highest BCUT2D eigenvalue weighted by atomic mass is 19.1. The molecule has 0 aliphatic carbocycles. The summed E-state index contributed by atoms with van der Waals surface area (Å²) in [4.78, 5) is 44.2. The standard InChI is InChI=1S/C34H33F2N5O3/c1-24-3-2-4-30(21-24)38-34(44)40-19-17-39(18-20-40)31-15-13-29(14-16-31)37-32(42)23-41(22-25-5-9-27(35)10-6-25)33(43)26-7-11-28(36)12-8-26/h2-16,21H,17-20,22-23H2,1H3,(H,37,42)(H,38,44). The molecule has 44 heavy (non-hydrogen) atoms. The Bertz CT molecular complexity index is 1600. The molecule has 1 aliphatic rings. The maximum atomic E-state index is 13.4. The van der Waals surface area contributed by atoms with Gasteiger partial charge in [-0.1, -0.05) is 24.3 Å². The van der Waals surface area contributed by atoms with E-state index in [0.717, 1.165) is 16.9 Å². The Hall–Kier alpha value is -5.25. The average molecular weight is 598 g/mol. The van der Waals surface area contributed by atoms with Crippen molar-refractivity contribution in [3.05, 3.63) is 125 Å². The summed E-state index contributed by atoms with van der Waals surface area (Å²) >= 11 is 0. The number of hydrogen-bond acceptors (Lipinski definition) is 4. The highest BCUT2D eigenvalue weighted by Crippen LogP contribution is 2.21. The minimum atomic E-state index is -0.474. The Morgan fingerprint density at radius 2 is 1.39 bits per heavy atom. The van der Waals surface area contributed by atoms with E-state index < -0.39 is 23.4 Å². The fourth-order valence-electron chi connectivity index (χ4n) is 5.01. The van der Waals surface area contributed by atoms with Crippen molar-refractivity contribution in [3.8, 4) is 0 Å². The van der Waals surface area contributed by atoms with Crippen molar-refractivity contribution in [1.29, 1.82) is 0 Å². The zero-order valence-corrected chi connectivity index (χ0v) is 24.3. The van der Waals surface area contributed by atoms with Crippen LogP contribution in [0.3, 0.4) is 0 Å². The Morgan fingerprint density at radius 1 is 0.750 bits per heavy atom. The molecule has 2 N–H and O–H groups in total. The van der Waals surface area contributed by atoms with Crippen LogP contribution in [0.1, 0.15) is 21.5 Å². The number of nitrogens with zero attached hydrogens (tertiary/aromatic N) is 3. The lowest BCUT2D eigenvalue weighted by Gasteiger charge is -2.36. The van der Waals surface area contributed by atoms with Gasteiger partial charge in [0.25, 0.3) is 5.91 Å². The van der Waals surface area contributed by atoms with E-state index in [4.69, 9.17) is 0 Å². The van der Waals surface area contributed by atoms with Crippen LogP contribution in [0.2, 0.25) is 0 Å². The maximum absolute atomic E-state index is 13.4. The molecule has 0 unspecified atom stereocenters. The van der Waals surface area contributed by atoms with Crippen LogP contribution in [0.4, 0.5) is 30.6 Å². The van der Waals surface area contributed by atoms with Gasteiger partial charge in [-0.2, -0.15) is 0 Å². The Labute approximate surface area is 254 Å². The lowest BCUT2D eigenvalue weighted by atomic mass is 10.1. The third kappa shape index (κ3) is 7.97. The minimum Gasteiger partial charge on any atom is -0.368 e. The molecule has 0 spiro atoms. The number of carbonyl (C=O) groups is 3. The summed E-state index contributed by atoms with van der Waals surface area (Å²) in [6.45, 7) is 4.25. The van der Waals surface area contributed by atoms with Crippen molar-refractivity contribution < 1.29 is 23.2 Å². The van der Waals surface area contributed by atoms with Crippen LogP contribution in [0, 0.1) is 18.6 Å². The molecule has 4 aromatic carbocycles. The molecule has 0 bridgehead atoms. The van der Waals surface area contributed by atoms with E-state index in [0.29, 0.717) is 37.4 Å². The Kier molecular flexibility index (Phi) is 9.49. The van der Waals surface area contributed by atoms with Gasteiger partial charge in [-0.05, 0) is 90.8 Å². The first-order valence-electron chi connectivity index (χ1n) is 14.3. The van der Waals surface area contributed by atoms with Gasteiger partial charge >= 0.3 is 6.03 Å². The summed E-state index contributed by atoms with van der Waals surface area (Å²) in [6, 6.07) is 25.7. The molecule has 0 radical (unpaired) electrons. The zero-order chi connectivity index (χ0) is 31.1. The summed E-state index contributed by atoms with van der Waals surface area (Å²) in [6.07, 6.45) is 0. The Balaban J connectivity index is 1.16. The highest BCUT2D eigenvalue weighted by Gasteiger charge is 2.22. The van der Waals surface area contributed by atoms with E-state index in [1.54, 1.807) is 29.2 Å². The molecule has 8 nitrogen and oxygen atoms in total. The van der Waals surface area contributed by atoms with Crippen molar-refractivity contribution in [2.45, 2.75) is 13.5 Å². The number of benzene rings is 4. The summed E-state index contributed by atoms with van der Waals surface area (Å²) in [5, 5.41) is 5.78. The SMILES string of the molecule is Cc1cccc(NC(=O)N2CCN(c3ccc(NC(=O)CN(Cc4ccc(F)cc4)C(=O)c4ccc(F)cc4)cc3)CC2)c1. The number of carbonyl (C=O) groups excluding carboxylic acids is 3. The van der Waals surface area contributed by atoms with Gasteiger partial charge in [-0.15, -0.1) is 0 Å². The van der Waals surface area contributed by atoms with E-state index in [-0.39, 0.29) is 24.7 Å². The quantitative estimate of drug-likeness (QED) is 0.265. The summed E-state index contributed by atoms with van der Waals surface area (Å²) < 4.78 is 26.8. The molecule has 1 aliphatic heterocycles. The van der Waals surface area contributed by atoms with Crippen LogP contribution in [-0.4, -0.2) is 60.4 Å². The van der Waals surface area contributed by atoms with E-state index >= 15 is 0 Å². The highest BCUT2D eigenvalue weighted by molar-refractivity contribution is 5.99. The maximum Gasteiger partial charge on any atom is 0.321 e. The number of rotatable bonds is 8. The number of amides is 4. The van der Waals surface area contributed by atoms with Gasteiger partial charge in [-0.25, -0.2) is 13.6 Å². The van der Waals surface area contributed by atoms with Gasteiger partial charge in [0, 0.05) is 55.3 Å². The lowest BCUT2D eigenvalue weighted by Crippen LogP contribution is -2.50. The third-order valence-corrected chi connectivity index (χ3v) is 7.35. The summed E-state index contributed by atoms with van der Waals surface area (Å²) in [5.41, 5.74) is 4.25. The molecule has 5 rings (SSSR count). The summed E-state index contributed by atoms with van der Waals surface area (Å²) in [7, 11) is 0. The second kappa shape index (κ2) is 13.8. The lowest BCUT2D eigenvalue weighted by molar-refractivity contribution is -0.117. The van der Waals surface area contributed by atoms with Gasteiger partial charge < -0.3 is 25.3 Å². The predicted molar refractivity (Wildman–Crippen MR) is 167 cm³/mol. The molecule has 1 saturated heterocycles. The van der Waals surface area contributed by atoms with E-state index in [1.807, 2.05) is 43.3 Å². The number of aryl methyl sites for hydroxylation is 1. The first-order valence-corrected chi connectivity index (χ1v) is 14.3. The number of nitrogens with one attached hydrogen (secondary N) is 2. The van der Waals surface area contributed by atoms with Crippen LogP contribution in [-0.2, 0) is 11.3 Å². The van der Waals surface area contributed by atoms with Gasteiger partial charge in [0.2, 0.25) is 5.91 Å². The van der Waals surface area contributed by atoms with E-state index in [9.17, 15) is 23.2 Å². The van der Waals surface area contributed by atoms with Crippen LogP contribution >= 0.6 is 0 Å². The van der Waals surface area contributed by atoms with Gasteiger partial charge in [0.05, 0.1) is 0 Å². The van der Waals surface area contributed by atoms with E-state index in [2.05, 4.69) is 15.5 Å². The fraction of sp³-hybridized carbons (Fsp3) is 0.206. The van der Waals surface area contributed by atoms with Crippen LogP contribution < -0.4 is 15.5 Å². The number of hydrogen-bond donors (Lipinski definition) is 2. The molecular weight excluding hydrogens is 564 g/mol. The number of anilines is 3. The molecule has 10 heteroatoms. The molecule has 4 amide bonds. The first kappa shape index (κ1) is 30.2. The monoisotopic (exact) mass is 597 g/mol.